The van der Waals surface area contributed by atoms with Crippen molar-refractivity contribution < 1.29 is 108 Å². The molecule has 0 aliphatic carbocycles. The summed E-state index contributed by atoms with van der Waals surface area (Å²) in [6, 6.07) is 0. The summed E-state index contributed by atoms with van der Waals surface area (Å²) in [6.45, 7) is 0.905. The lowest BCUT2D eigenvalue weighted by molar-refractivity contribution is -0.646. The van der Waals surface area contributed by atoms with Gasteiger partial charge in [-0.15, -0.1) is 0 Å². The molecule has 0 aromatic carbocycles. The van der Waals surface area contributed by atoms with Crippen LogP contribution in [-0.2, 0) is 75.7 Å². The molecule has 4 aliphatic heterocycles. The fourth-order valence-corrected chi connectivity index (χ4v) is 14.3. The van der Waals surface area contributed by atoms with Crippen molar-refractivity contribution in [2.24, 2.45) is 23.7 Å². The molecular weight excluding hydrogens is 1200 g/mol. The van der Waals surface area contributed by atoms with Gasteiger partial charge in [-0.05, 0) is 24.8 Å². The standard InChI is InChI=1S/C41H60N14O24P4/c1-5-10-70-11-8-19-20(74-37(27(19)56)55-17-52(3)26-34(55)49-41(44)51-36(26)60)12-72-81(63,64)78-83(67,68)79-82(65,66)73-14-22-30(31(69-4)39(76-22)53-15-46-24-23(42)18(6-2)7-9-45-32(24)53)77-80(61,62)71-13-21-28(57)29(58)38(75-21)54-16-47-25-33(54)48-40(43)50-35(25)59/h9,15-17,19-22,27-31,37-39,56-58H,5-8,10-14,42H2,1-4H3,(H9-,43,44,48,49,50,51,59,60,61,62,63,64,65,66,67,68)/t19-,20-,21-,22-,27-,28-,29-,30-,31-,37-,38-,39-/m1/s1. The zero-order chi connectivity index (χ0) is 60.1. The molecule has 4 aliphatic rings. The molecule has 0 amide bonds. The van der Waals surface area contributed by atoms with Gasteiger partial charge in [-0.2, -0.15) is 23.2 Å². The third-order valence-corrected chi connectivity index (χ3v) is 18.9. The molecule has 0 radical (unpaired) electrons. The minimum atomic E-state index is -6.20. The normalized spacial score (nSPS) is 29.5. The molecule has 9 rings (SSSR count). The summed E-state index contributed by atoms with van der Waals surface area (Å²) in [6.07, 6.45) is -10.9. The molecule has 3 fully saturated rings. The van der Waals surface area contributed by atoms with Crippen LogP contribution < -0.4 is 37.8 Å². The Morgan fingerprint density at radius 2 is 1.37 bits per heavy atom. The summed E-state index contributed by atoms with van der Waals surface area (Å²) >= 11 is 0. The van der Waals surface area contributed by atoms with Gasteiger partial charge in [0.2, 0.25) is 24.5 Å². The van der Waals surface area contributed by atoms with Crippen molar-refractivity contribution in [3.63, 3.8) is 0 Å². The summed E-state index contributed by atoms with van der Waals surface area (Å²) in [5.41, 5.74) is 17.5. The minimum absolute atomic E-state index is 0.00150. The maximum atomic E-state index is 13.8. The fraction of sp³-hybridized carbons (Fsp3) is 0.610. The average Bonchev–Trinajstić information content (AvgIpc) is 4.47. The number of aryl methyl sites for hydroxylation is 1. The topological polar surface area (TPSA) is 541 Å². The minimum Gasteiger partial charge on any atom is -0.756 e. The van der Waals surface area contributed by atoms with E-state index in [4.69, 9.17) is 59.0 Å². The van der Waals surface area contributed by atoms with Gasteiger partial charge in [0.1, 0.15) is 48.4 Å². The molecule has 42 heteroatoms. The molecule has 38 nitrogen and oxygen atoms in total. The lowest BCUT2D eigenvalue weighted by atomic mass is 9.95. The molecule has 5 aromatic rings. The fourth-order valence-electron chi connectivity index (χ4n) is 9.85. The number of anilines is 2. The zero-order valence-electron chi connectivity index (χ0n) is 44.2. The highest BCUT2D eigenvalue weighted by atomic mass is 31.3. The van der Waals surface area contributed by atoms with Crippen molar-refractivity contribution in [1.29, 1.82) is 0 Å². The maximum Gasteiger partial charge on any atom is 0.490 e. The smallest absolute Gasteiger partial charge is 0.490 e. The zero-order valence-corrected chi connectivity index (χ0v) is 47.8. The summed E-state index contributed by atoms with van der Waals surface area (Å²) in [4.78, 5) is 96.5. The molecule has 5 aromatic heterocycles. The highest BCUT2D eigenvalue weighted by Gasteiger charge is 2.53. The van der Waals surface area contributed by atoms with Gasteiger partial charge in [0.25, 0.3) is 24.5 Å². The molecule has 0 saturated carbocycles. The second-order valence-corrected chi connectivity index (χ2v) is 25.1. The number of H-pyrrole nitrogens is 2. The lowest BCUT2D eigenvalue weighted by Crippen LogP contribution is -2.39. The van der Waals surface area contributed by atoms with E-state index < -0.39 is 136 Å². The van der Waals surface area contributed by atoms with Crippen molar-refractivity contribution in [3.8, 4) is 0 Å². The predicted octanol–water partition coefficient (Wildman–Crippen LogP) is -1.61. The lowest BCUT2D eigenvalue weighted by Gasteiger charge is -2.31. The van der Waals surface area contributed by atoms with Gasteiger partial charge in [-0.3, -0.25) is 42.3 Å². The number of methoxy groups -OCH3 is 1. The number of nitrogen functional groups attached to an aromatic ring is 2. The van der Waals surface area contributed by atoms with Crippen molar-refractivity contribution in [2.45, 2.75) is 107 Å². The van der Waals surface area contributed by atoms with Crippen LogP contribution in [0.5, 0.6) is 0 Å². The number of nitrogens with two attached hydrogens (primary N) is 3. The van der Waals surface area contributed by atoms with E-state index in [1.54, 1.807) is 0 Å². The highest BCUT2D eigenvalue weighted by molar-refractivity contribution is 7.66. The predicted molar refractivity (Wildman–Crippen MR) is 277 cm³/mol. The van der Waals surface area contributed by atoms with Crippen LogP contribution in [-0.4, -0.2) is 169 Å². The van der Waals surface area contributed by atoms with E-state index in [9.17, 15) is 62.7 Å². The highest BCUT2D eigenvalue weighted by Crippen LogP contribution is 2.68. The van der Waals surface area contributed by atoms with E-state index >= 15 is 0 Å². The first-order valence-electron chi connectivity index (χ1n) is 25.2. The Hall–Kier alpha value is -5.08. The molecule has 0 bridgehead atoms. The quantitative estimate of drug-likeness (QED) is 0.0178. The van der Waals surface area contributed by atoms with Crippen LogP contribution in [0.4, 0.5) is 17.7 Å². The number of aliphatic hydroxyl groups excluding tert-OH is 3. The van der Waals surface area contributed by atoms with Crippen LogP contribution in [0.3, 0.4) is 0 Å². The number of aromatic nitrogens is 10. The summed E-state index contributed by atoms with van der Waals surface area (Å²) in [5.74, 6) is -1.42. The Kier molecular flexibility index (Phi) is 18.6. The molecule has 14 N–H and O–H groups in total. The molecule has 9 heterocycles. The van der Waals surface area contributed by atoms with Crippen molar-refractivity contribution in [2.75, 3.05) is 51.6 Å². The Balaban J connectivity index is 0.889. The number of allylic oxidation sites excluding steroid dienone is 1. The van der Waals surface area contributed by atoms with Gasteiger partial charge in [0.15, 0.2) is 29.4 Å². The van der Waals surface area contributed by atoms with Gasteiger partial charge in [-0.25, -0.2) is 33.2 Å². The Labute approximate surface area is 467 Å². The number of phosphoric acid groups is 4. The molecule has 3 saturated heterocycles. The van der Waals surface area contributed by atoms with E-state index in [1.807, 2.05) is 13.8 Å². The molecule has 83 heavy (non-hydrogen) atoms. The van der Waals surface area contributed by atoms with E-state index in [-0.39, 0.29) is 64.5 Å². The Bertz CT molecular complexity index is 3590. The number of ether oxygens (including phenoxy) is 5. The van der Waals surface area contributed by atoms with Crippen LogP contribution in [0.1, 0.15) is 63.9 Å². The number of aromatic amines is 2. The van der Waals surface area contributed by atoms with Gasteiger partial charge in [0.05, 0.1) is 51.3 Å². The number of aliphatic imine (C=N–C) groups is 1. The third-order valence-electron chi connectivity index (χ3n) is 13.7. The van der Waals surface area contributed by atoms with Crippen LogP contribution in [0.25, 0.3) is 28.0 Å². The SMILES string of the molecule is CCCOCC[C@H]1[C@@H](O)[C@H](n2c[n+](C)c3c(=O)[nH]c(N)nc32)O[C@@H]1COP(=O)(O)OP(=O)(O)OP(=O)(O)OC[C@H]1O[C@@H](n2cnc3c2N=CCC(CC)=C3N)[C@H](OC)[C@@H]1OP(=O)([O-])OC[C@H]1O[C@@H](n2cnc3c(=O)[nH]c(N)nc32)[C@H](O)[C@@H]1O. The van der Waals surface area contributed by atoms with E-state index in [0.29, 0.717) is 25.9 Å². The number of rotatable bonds is 25. The van der Waals surface area contributed by atoms with E-state index in [0.717, 1.165) is 23.6 Å². The summed E-state index contributed by atoms with van der Waals surface area (Å²) in [5, 5.41) is 33.4. The largest absolute Gasteiger partial charge is 0.756 e. The average molecular weight is 1260 g/mol. The Morgan fingerprint density at radius 1 is 0.759 bits per heavy atom. The van der Waals surface area contributed by atoms with Crippen molar-refractivity contribution in [1.82, 2.24) is 43.6 Å². The number of hydrogen-bond donors (Lipinski definition) is 11. The number of nitrogens with zero attached hydrogens (tertiary/aromatic N) is 9. The van der Waals surface area contributed by atoms with E-state index in [1.165, 1.54) is 39.6 Å². The molecule has 0 spiro atoms. The summed E-state index contributed by atoms with van der Waals surface area (Å²) in [7, 11) is -21.1. The number of phosphoric ester groups is 3. The molecule has 16 atom stereocenters. The van der Waals surface area contributed by atoms with E-state index in [2.05, 4.69) is 43.5 Å². The molecule has 458 valence electrons. The maximum absolute atomic E-state index is 13.8. The monoisotopic (exact) mass is 1260 g/mol. The van der Waals surface area contributed by atoms with Crippen LogP contribution >= 0.6 is 31.3 Å². The van der Waals surface area contributed by atoms with Crippen LogP contribution in [0.15, 0.2) is 39.1 Å². The van der Waals surface area contributed by atoms with Gasteiger partial charge >= 0.3 is 29.0 Å². The first-order chi connectivity index (χ1) is 39.2. The number of hydrogen-bond acceptors (Lipinski definition) is 29. The third kappa shape index (κ3) is 13.3. The number of nitrogens with one attached hydrogen (secondary N) is 2. The first-order valence-corrected chi connectivity index (χ1v) is 31.1. The first kappa shape index (κ1) is 62.5. The van der Waals surface area contributed by atoms with Gasteiger partial charge in [-0.1, -0.05) is 13.8 Å². The number of fused-ring (bicyclic) bond motifs is 3. The Morgan fingerprint density at radius 3 is 2.05 bits per heavy atom. The molecular formula is C41H60N14O24P4. The molecule has 4 unspecified atom stereocenters. The van der Waals surface area contributed by atoms with Crippen molar-refractivity contribution in [3.05, 3.63) is 51.0 Å². The van der Waals surface area contributed by atoms with Gasteiger partial charge in [0, 0.05) is 38.9 Å². The second kappa shape index (κ2) is 24.7. The van der Waals surface area contributed by atoms with Crippen LogP contribution in [0, 0.1) is 5.92 Å². The van der Waals surface area contributed by atoms with Crippen molar-refractivity contribution >= 4 is 83.2 Å². The van der Waals surface area contributed by atoms with Crippen LogP contribution in [0.2, 0.25) is 0 Å². The summed E-state index contributed by atoms with van der Waals surface area (Å²) < 4.78 is 117. The van der Waals surface area contributed by atoms with Gasteiger partial charge < -0.3 is 84.8 Å². The number of imidazole rings is 3. The second-order valence-electron chi connectivity index (χ2n) is 19.1. The number of aliphatic hydroxyl groups is 3.